The second kappa shape index (κ2) is 15.4. The molecule has 4 nitrogen and oxygen atoms in total. The van der Waals surface area contributed by atoms with Gasteiger partial charge < -0.3 is 18.6 Å². The molecule has 78 heavy (non-hydrogen) atoms. The van der Waals surface area contributed by atoms with Gasteiger partial charge in [-0.1, -0.05) is 177 Å². The van der Waals surface area contributed by atoms with Crippen molar-refractivity contribution < 1.29 is 8.83 Å². The van der Waals surface area contributed by atoms with E-state index in [1.165, 1.54) is 132 Å². The van der Waals surface area contributed by atoms with E-state index in [0.717, 1.165) is 66.6 Å². The Kier molecular flexibility index (Phi) is 8.70. The molecule has 6 heteroatoms. The smallest absolute Gasteiger partial charge is 0.248 e. The zero-order chi connectivity index (χ0) is 52.3. The molecular formula is C72H52B2N2O2. The summed E-state index contributed by atoms with van der Waals surface area (Å²) in [5.74, 6) is 0. The Bertz CT molecular complexity index is 4750. The Morgan fingerprint density at radius 1 is 0.282 bits per heavy atom. The zero-order valence-electron chi connectivity index (χ0n) is 45.0. The maximum absolute atomic E-state index is 7.11. The van der Waals surface area contributed by atoms with Gasteiger partial charge in [-0.3, -0.25) is 0 Å². The van der Waals surface area contributed by atoms with Gasteiger partial charge in [0.1, 0.15) is 22.3 Å². The van der Waals surface area contributed by atoms with Gasteiger partial charge in [-0.2, -0.15) is 0 Å². The molecule has 17 rings (SSSR count). The fourth-order valence-electron chi connectivity index (χ4n) is 15.3. The Morgan fingerprint density at radius 2 is 0.667 bits per heavy atom. The lowest BCUT2D eigenvalue weighted by Crippen LogP contribution is -2.62. The van der Waals surface area contributed by atoms with Crippen molar-refractivity contribution in [2.45, 2.75) is 55.4 Å². The third-order valence-corrected chi connectivity index (χ3v) is 18.2. The minimum atomic E-state index is -0.110. The van der Waals surface area contributed by atoms with Crippen LogP contribution in [0.3, 0.4) is 0 Å². The van der Waals surface area contributed by atoms with Crippen molar-refractivity contribution in [3.63, 3.8) is 0 Å². The van der Waals surface area contributed by atoms with Crippen LogP contribution in [0.25, 0.3) is 87.0 Å². The van der Waals surface area contributed by atoms with Crippen LogP contribution in [0.4, 0.5) is 34.1 Å². The van der Waals surface area contributed by atoms with E-state index in [2.05, 4.69) is 235 Å². The monoisotopic (exact) mass is 998 g/mol. The highest BCUT2D eigenvalue weighted by Gasteiger charge is 2.49. The zero-order valence-corrected chi connectivity index (χ0v) is 45.0. The molecular weight excluding hydrogens is 946 g/mol. The number of anilines is 6. The maximum atomic E-state index is 7.11. The second-order valence-electron chi connectivity index (χ2n) is 23.3. The second-order valence-corrected chi connectivity index (χ2v) is 23.3. The van der Waals surface area contributed by atoms with Crippen molar-refractivity contribution in [3.8, 4) is 0 Å². The van der Waals surface area contributed by atoms with Crippen LogP contribution >= 0.6 is 0 Å². The molecule has 0 saturated carbocycles. The summed E-state index contributed by atoms with van der Waals surface area (Å²) in [7, 11) is 0. The Labute approximate surface area is 453 Å². The number of hydrogen-bond donors (Lipinski definition) is 0. The minimum Gasteiger partial charge on any atom is -0.456 e. The fourth-order valence-corrected chi connectivity index (χ4v) is 15.3. The summed E-state index contributed by atoms with van der Waals surface area (Å²) in [5.41, 5.74) is 28.7. The summed E-state index contributed by atoms with van der Waals surface area (Å²) in [6, 6.07) is 65.2. The van der Waals surface area contributed by atoms with Gasteiger partial charge in [-0.05, 0) is 157 Å². The topological polar surface area (TPSA) is 32.8 Å². The van der Waals surface area contributed by atoms with Crippen LogP contribution in [0.5, 0.6) is 0 Å². The lowest BCUT2D eigenvalue weighted by Gasteiger charge is -2.49. The Hall–Kier alpha value is -8.99. The predicted molar refractivity (Wildman–Crippen MR) is 334 cm³/mol. The Balaban J connectivity index is 1.06. The SMILES string of the molecule is Cc1cc(C)c(B2c3cc4c(cc3N3c5cc6ccccc6c6c5N(c5cc7oc8cc9cc(C)ccc9cc8c7cc5B6c5c(C)cc(C)cc5C)c5cc6ccccc6c2c53)oc2cc3cc(C)ccc3cc24)c(C)c1. The van der Waals surface area contributed by atoms with Crippen LogP contribution in [0, 0.1) is 55.4 Å². The third kappa shape index (κ3) is 5.87. The molecule has 0 amide bonds. The molecule has 0 unspecified atom stereocenters. The van der Waals surface area contributed by atoms with Crippen LogP contribution < -0.4 is 42.6 Å². The summed E-state index contributed by atoms with van der Waals surface area (Å²) in [4.78, 5) is 5.31. The van der Waals surface area contributed by atoms with Crippen LogP contribution in [0.15, 0.2) is 179 Å². The molecule has 0 spiro atoms. The van der Waals surface area contributed by atoms with E-state index >= 15 is 0 Å². The standard InChI is InChI=1S/C72H52B2N2O2/c1-37-17-19-45-27-53-55-33-57-59(35-65(55)77-63(53)31-49(45)25-37)75-61-29-47-13-10-12-16-52(47)70-72(61)76(62-30-48-14-9-11-15-51(48)69(71(62)75)73(57)67-41(5)21-39(3)22-42(67)6)60-36-66-56(34-58(60)74(70)68-43(7)23-40(4)24-44(68)8)54-28-46-20-18-38(2)26-50(46)32-64(54)78-66/h9-36H,1-8H3. The average molecular weight is 999 g/mol. The van der Waals surface area contributed by atoms with Crippen molar-refractivity contribution in [2.24, 2.45) is 0 Å². The molecule has 14 aromatic rings. The average Bonchev–Trinajstić information content (AvgIpc) is 2.60. The van der Waals surface area contributed by atoms with Crippen LogP contribution in [-0.2, 0) is 0 Å². The maximum Gasteiger partial charge on any atom is 0.248 e. The molecule has 0 bridgehead atoms. The van der Waals surface area contributed by atoms with E-state index in [1.807, 2.05) is 0 Å². The molecule has 0 N–H and O–H groups in total. The van der Waals surface area contributed by atoms with Gasteiger partial charge in [0, 0.05) is 45.1 Å². The van der Waals surface area contributed by atoms with Crippen LogP contribution in [0.1, 0.15) is 44.5 Å². The number of furan rings is 2. The van der Waals surface area contributed by atoms with E-state index in [-0.39, 0.29) is 13.4 Å². The van der Waals surface area contributed by atoms with Gasteiger partial charge in [-0.15, -0.1) is 0 Å². The molecule has 3 aliphatic rings. The summed E-state index contributed by atoms with van der Waals surface area (Å²) in [6.45, 7) is 17.9. The molecule has 12 aromatic carbocycles. The van der Waals surface area contributed by atoms with Gasteiger partial charge in [0.25, 0.3) is 0 Å². The van der Waals surface area contributed by atoms with E-state index < -0.39 is 0 Å². The molecule has 3 aliphatic heterocycles. The van der Waals surface area contributed by atoms with Crippen LogP contribution in [0.2, 0.25) is 0 Å². The first-order valence-electron chi connectivity index (χ1n) is 27.6. The highest BCUT2D eigenvalue weighted by molar-refractivity contribution is 7.01. The normalized spacial score (nSPS) is 13.5. The molecule has 0 fully saturated rings. The number of hydrogen-bond acceptors (Lipinski definition) is 4. The molecule has 0 atom stereocenters. The van der Waals surface area contributed by atoms with Crippen molar-refractivity contribution >= 4 is 167 Å². The highest BCUT2D eigenvalue weighted by Crippen LogP contribution is 2.58. The summed E-state index contributed by atoms with van der Waals surface area (Å²) >= 11 is 0. The predicted octanol–water partition coefficient (Wildman–Crippen LogP) is 15.5. The lowest BCUT2D eigenvalue weighted by molar-refractivity contribution is 0.669. The molecule has 5 heterocycles. The van der Waals surface area contributed by atoms with E-state index in [9.17, 15) is 0 Å². The summed E-state index contributed by atoms with van der Waals surface area (Å²) in [5, 5.41) is 14.3. The molecule has 368 valence electrons. The quantitative estimate of drug-likeness (QED) is 0.162. The van der Waals surface area contributed by atoms with E-state index in [1.54, 1.807) is 0 Å². The van der Waals surface area contributed by atoms with E-state index in [4.69, 9.17) is 8.83 Å². The molecule has 0 aliphatic carbocycles. The number of benzene rings is 12. The van der Waals surface area contributed by atoms with Crippen molar-refractivity contribution in [3.05, 3.63) is 214 Å². The molecule has 0 saturated heterocycles. The third-order valence-electron chi connectivity index (χ3n) is 18.2. The Morgan fingerprint density at radius 3 is 1.09 bits per heavy atom. The highest BCUT2D eigenvalue weighted by atomic mass is 16.3. The van der Waals surface area contributed by atoms with Gasteiger partial charge in [0.15, 0.2) is 0 Å². The molecule has 0 radical (unpaired) electrons. The summed E-state index contributed by atoms with van der Waals surface area (Å²) < 4.78 is 14.2. The minimum absolute atomic E-state index is 0.110. The fraction of sp³-hybridized carbons (Fsp3) is 0.111. The summed E-state index contributed by atoms with van der Waals surface area (Å²) in [6.07, 6.45) is 0. The van der Waals surface area contributed by atoms with Gasteiger partial charge in [0.05, 0.1) is 22.7 Å². The van der Waals surface area contributed by atoms with Crippen LogP contribution in [-0.4, -0.2) is 13.4 Å². The van der Waals surface area contributed by atoms with Gasteiger partial charge >= 0.3 is 0 Å². The van der Waals surface area contributed by atoms with Crippen molar-refractivity contribution in [1.29, 1.82) is 0 Å². The van der Waals surface area contributed by atoms with Crippen molar-refractivity contribution in [1.82, 2.24) is 0 Å². The number of rotatable bonds is 2. The largest absolute Gasteiger partial charge is 0.456 e. The van der Waals surface area contributed by atoms with Crippen molar-refractivity contribution in [2.75, 3.05) is 9.80 Å². The number of nitrogens with zero attached hydrogens (tertiary/aromatic N) is 2. The first kappa shape index (κ1) is 44.2. The number of aryl methyl sites for hydroxylation is 8. The van der Waals surface area contributed by atoms with E-state index in [0.29, 0.717) is 0 Å². The molecule has 2 aromatic heterocycles. The first-order valence-corrected chi connectivity index (χ1v) is 27.6. The lowest BCUT2D eigenvalue weighted by atomic mass is 9.32. The number of fused-ring (bicyclic) bond motifs is 18. The van der Waals surface area contributed by atoms with Gasteiger partial charge in [0.2, 0.25) is 13.4 Å². The van der Waals surface area contributed by atoms with Gasteiger partial charge in [-0.25, -0.2) is 0 Å². The first-order chi connectivity index (χ1) is 37.9.